The smallest absolute Gasteiger partial charge is 0.407 e. The predicted molar refractivity (Wildman–Crippen MR) is 72.9 cm³/mol. The molecule has 7 heteroatoms. The Morgan fingerprint density at radius 2 is 1.91 bits per heavy atom. The van der Waals surface area contributed by atoms with Gasteiger partial charge in [-0.1, -0.05) is 0 Å². The van der Waals surface area contributed by atoms with Gasteiger partial charge in [-0.3, -0.25) is 0 Å². The van der Waals surface area contributed by atoms with E-state index in [9.17, 15) is 9.18 Å². The lowest BCUT2D eigenvalue weighted by atomic mass is 10.0. The Kier molecular flexibility index (Phi) is 3.56. The van der Waals surface area contributed by atoms with E-state index in [-0.39, 0.29) is 23.1 Å². The highest BCUT2D eigenvalue weighted by atomic mass is 19.1. The number of fused-ring (bicyclic) bond motifs is 1. The van der Waals surface area contributed by atoms with Gasteiger partial charge in [-0.2, -0.15) is 10.5 Å². The highest BCUT2D eigenvalue weighted by Crippen LogP contribution is 2.31. The molecule has 2 fully saturated rings. The first-order chi connectivity index (χ1) is 10.6. The van der Waals surface area contributed by atoms with Crippen molar-refractivity contribution in [2.45, 2.75) is 0 Å². The lowest BCUT2D eigenvalue weighted by Crippen LogP contribution is -2.34. The van der Waals surface area contributed by atoms with Crippen molar-refractivity contribution in [3.05, 3.63) is 29.6 Å². The van der Waals surface area contributed by atoms with E-state index in [1.807, 2.05) is 6.07 Å². The van der Waals surface area contributed by atoms with E-state index in [0.29, 0.717) is 26.2 Å². The first kappa shape index (κ1) is 14.2. The second kappa shape index (κ2) is 5.53. The van der Waals surface area contributed by atoms with Crippen LogP contribution in [0.25, 0.3) is 0 Å². The maximum atomic E-state index is 13.7. The van der Waals surface area contributed by atoms with Crippen molar-refractivity contribution in [1.29, 1.82) is 10.5 Å². The van der Waals surface area contributed by atoms with Gasteiger partial charge >= 0.3 is 6.09 Å². The number of rotatable bonds is 1. The average Bonchev–Trinajstić information content (AvgIpc) is 3.07. The highest BCUT2D eigenvalue weighted by Gasteiger charge is 2.42. The van der Waals surface area contributed by atoms with Crippen LogP contribution in [0.3, 0.4) is 0 Å². The zero-order valence-electron chi connectivity index (χ0n) is 11.7. The van der Waals surface area contributed by atoms with Crippen LogP contribution in [-0.4, -0.2) is 42.1 Å². The van der Waals surface area contributed by atoms with Crippen LogP contribution in [0, 0.1) is 40.4 Å². The molecule has 1 amide bonds. The van der Waals surface area contributed by atoms with Crippen molar-refractivity contribution in [2.24, 2.45) is 11.8 Å². The molecule has 112 valence electrons. The average molecular weight is 300 g/mol. The maximum Gasteiger partial charge on any atom is 0.415 e. The highest BCUT2D eigenvalue weighted by molar-refractivity contribution is 5.71. The molecule has 0 bridgehead atoms. The summed E-state index contributed by atoms with van der Waals surface area (Å²) in [7, 11) is 0. The molecule has 0 spiro atoms. The van der Waals surface area contributed by atoms with E-state index >= 15 is 0 Å². The van der Waals surface area contributed by atoms with Gasteiger partial charge in [0.05, 0.1) is 11.6 Å². The lowest BCUT2D eigenvalue weighted by Gasteiger charge is -2.18. The van der Waals surface area contributed by atoms with E-state index in [1.165, 1.54) is 12.1 Å². The summed E-state index contributed by atoms with van der Waals surface area (Å²) in [6.45, 7) is 2.32. The Morgan fingerprint density at radius 1 is 1.23 bits per heavy atom. The molecular weight excluding hydrogens is 287 g/mol. The number of amides is 1. The number of hydrogen-bond donors (Lipinski definition) is 0. The number of nitrogens with zero attached hydrogens (tertiary/aromatic N) is 4. The van der Waals surface area contributed by atoms with E-state index < -0.39 is 11.9 Å². The van der Waals surface area contributed by atoms with Crippen LogP contribution >= 0.6 is 0 Å². The summed E-state index contributed by atoms with van der Waals surface area (Å²) in [6.07, 6.45) is 1.52. The Hall–Kier alpha value is -2.80. The van der Waals surface area contributed by atoms with Crippen LogP contribution in [0.15, 0.2) is 18.2 Å². The first-order valence-corrected chi connectivity index (χ1v) is 6.92. The fourth-order valence-corrected chi connectivity index (χ4v) is 3.04. The van der Waals surface area contributed by atoms with E-state index in [0.717, 1.165) is 6.07 Å². The van der Waals surface area contributed by atoms with Crippen molar-refractivity contribution in [2.75, 3.05) is 26.2 Å². The topological polar surface area (TPSA) is 80.4 Å². The summed E-state index contributed by atoms with van der Waals surface area (Å²) in [5, 5.41) is 17.6. The molecule has 2 aliphatic heterocycles. The number of benzene rings is 1. The van der Waals surface area contributed by atoms with E-state index in [2.05, 4.69) is 6.19 Å². The lowest BCUT2D eigenvalue weighted by molar-refractivity contribution is 0.156. The van der Waals surface area contributed by atoms with Gasteiger partial charge in [0.1, 0.15) is 0 Å². The van der Waals surface area contributed by atoms with Gasteiger partial charge < -0.3 is 14.5 Å². The molecule has 2 saturated heterocycles. The minimum atomic E-state index is -0.734. The third-order valence-electron chi connectivity index (χ3n) is 4.14. The number of likely N-dealkylation sites (tertiary alicyclic amines) is 2. The Morgan fingerprint density at radius 3 is 2.45 bits per heavy atom. The number of nitriles is 2. The predicted octanol–water partition coefficient (Wildman–Crippen LogP) is 1.54. The Labute approximate surface area is 126 Å². The van der Waals surface area contributed by atoms with Crippen LogP contribution in [-0.2, 0) is 0 Å². The molecule has 2 atom stereocenters. The van der Waals surface area contributed by atoms with E-state index in [4.69, 9.17) is 15.3 Å². The molecule has 6 nitrogen and oxygen atoms in total. The monoisotopic (exact) mass is 300 g/mol. The molecule has 1 unspecified atom stereocenters. The molecular formula is C15H13FN4O2. The van der Waals surface area contributed by atoms with Gasteiger partial charge in [0.2, 0.25) is 0 Å². The zero-order chi connectivity index (χ0) is 15.7. The van der Waals surface area contributed by atoms with Crippen LogP contribution in [0.5, 0.6) is 5.75 Å². The third-order valence-corrected chi connectivity index (χ3v) is 4.14. The normalized spacial score (nSPS) is 22.9. The van der Waals surface area contributed by atoms with Gasteiger partial charge in [-0.25, -0.2) is 9.18 Å². The molecule has 0 aromatic heterocycles. The van der Waals surface area contributed by atoms with Crippen LogP contribution < -0.4 is 4.74 Å². The first-order valence-electron chi connectivity index (χ1n) is 6.92. The second-order valence-electron chi connectivity index (χ2n) is 5.56. The van der Waals surface area contributed by atoms with Crippen LogP contribution in [0.4, 0.5) is 9.18 Å². The summed E-state index contributed by atoms with van der Waals surface area (Å²) in [5.41, 5.74) is 0.171. The van der Waals surface area contributed by atoms with Gasteiger partial charge in [-0.15, -0.1) is 0 Å². The Balaban J connectivity index is 1.63. The minimum absolute atomic E-state index is 0.171. The molecule has 2 aliphatic rings. The van der Waals surface area contributed by atoms with Crippen molar-refractivity contribution in [3.8, 4) is 18.0 Å². The van der Waals surface area contributed by atoms with Crippen LogP contribution in [0.2, 0.25) is 0 Å². The molecule has 0 saturated carbocycles. The number of halogens is 1. The molecule has 2 heterocycles. The number of carbonyl (C=O) groups excluding carboxylic acids is 1. The SMILES string of the molecule is N#Cc1ccc(OC(=O)N2CC3CN(C#N)C[C@@H]3C2)c(F)c1. The zero-order valence-corrected chi connectivity index (χ0v) is 11.7. The van der Waals surface area contributed by atoms with Gasteiger partial charge in [0, 0.05) is 38.0 Å². The molecule has 0 aliphatic carbocycles. The quantitative estimate of drug-likeness (QED) is 0.735. The van der Waals surface area contributed by atoms with Crippen molar-refractivity contribution < 1.29 is 13.9 Å². The maximum absolute atomic E-state index is 13.7. The molecule has 0 radical (unpaired) electrons. The van der Waals surface area contributed by atoms with Gasteiger partial charge in [0.25, 0.3) is 0 Å². The molecule has 1 aromatic rings. The summed E-state index contributed by atoms with van der Waals surface area (Å²) < 4.78 is 18.8. The summed E-state index contributed by atoms with van der Waals surface area (Å²) in [6, 6.07) is 5.53. The number of hydrogen-bond acceptors (Lipinski definition) is 5. The summed E-state index contributed by atoms with van der Waals surface area (Å²) in [4.78, 5) is 15.3. The summed E-state index contributed by atoms with van der Waals surface area (Å²) in [5.74, 6) is -0.391. The number of carbonyl (C=O) groups is 1. The minimum Gasteiger partial charge on any atom is -0.407 e. The van der Waals surface area contributed by atoms with Crippen LogP contribution in [0.1, 0.15) is 5.56 Å². The Bertz CT molecular complexity index is 680. The summed E-state index contributed by atoms with van der Waals surface area (Å²) >= 11 is 0. The van der Waals surface area contributed by atoms with Crippen molar-refractivity contribution in [1.82, 2.24) is 9.80 Å². The van der Waals surface area contributed by atoms with E-state index in [1.54, 1.807) is 9.80 Å². The molecule has 22 heavy (non-hydrogen) atoms. The van der Waals surface area contributed by atoms with Crippen molar-refractivity contribution >= 4 is 6.09 Å². The largest absolute Gasteiger partial charge is 0.415 e. The molecule has 1 aromatic carbocycles. The standard InChI is InChI=1S/C15H13FN4O2/c16-13-3-10(4-17)1-2-14(13)22-15(21)20-7-11-5-19(9-18)6-12(11)8-20/h1-3,11-12H,5-8H2/t11-,12?/m1/s1. The molecule has 3 rings (SSSR count). The second-order valence-corrected chi connectivity index (χ2v) is 5.56. The van der Waals surface area contributed by atoms with Gasteiger partial charge in [-0.05, 0) is 18.2 Å². The third kappa shape index (κ3) is 2.53. The fourth-order valence-electron chi connectivity index (χ4n) is 3.04. The number of ether oxygens (including phenoxy) is 1. The fraction of sp³-hybridized carbons (Fsp3) is 0.400. The van der Waals surface area contributed by atoms with Gasteiger partial charge in [0.15, 0.2) is 17.8 Å². The van der Waals surface area contributed by atoms with Crippen molar-refractivity contribution in [3.63, 3.8) is 0 Å². The molecule has 0 N–H and O–H groups in total.